The molecule has 0 unspecified atom stereocenters. The molecule has 1 aromatic rings. The van der Waals surface area contributed by atoms with Gasteiger partial charge >= 0.3 is 0 Å². The van der Waals surface area contributed by atoms with Gasteiger partial charge in [0, 0.05) is 12.4 Å². The highest BCUT2D eigenvalue weighted by Crippen LogP contribution is 2.13. The van der Waals surface area contributed by atoms with Gasteiger partial charge in [-0.25, -0.2) is 4.98 Å². The van der Waals surface area contributed by atoms with E-state index in [0.717, 1.165) is 0 Å². The van der Waals surface area contributed by atoms with E-state index in [9.17, 15) is 0 Å². The van der Waals surface area contributed by atoms with E-state index in [4.69, 9.17) is 0 Å². The largest absolute Gasteiger partial charge is 0.351 e. The van der Waals surface area contributed by atoms with Crippen LogP contribution in [-0.4, -0.2) is 9.97 Å². The number of nitrogens with zero attached hydrogens (tertiary/aromatic N) is 1. The lowest BCUT2D eigenvalue weighted by Crippen LogP contribution is -1.82. The first-order valence-corrected chi connectivity index (χ1v) is 9.84. The Hall–Kier alpha value is -0.790. The van der Waals surface area contributed by atoms with E-state index in [1.54, 1.807) is 18.7 Å². The Kier molecular flexibility index (Phi) is 19.5. The third-order valence-electron chi connectivity index (χ3n) is 4.11. The van der Waals surface area contributed by atoms with Crippen LogP contribution in [0.15, 0.2) is 18.7 Å². The minimum atomic E-state index is 1.37. The number of nitrogens with one attached hydrogen (secondary N) is 1. The average molecular weight is 309 g/mol. The molecular formula is C20H40N2. The third kappa shape index (κ3) is 19.2. The number of hydrogen-bond donors (Lipinski definition) is 1. The second-order valence-electron chi connectivity index (χ2n) is 6.36. The number of aromatic amines is 1. The number of H-pyrrole nitrogens is 1. The molecule has 1 N–H and O–H groups in total. The molecule has 0 spiro atoms. The topological polar surface area (TPSA) is 28.7 Å². The van der Waals surface area contributed by atoms with Crippen LogP contribution >= 0.6 is 0 Å². The molecule has 0 radical (unpaired) electrons. The average Bonchev–Trinajstić information content (AvgIpc) is 3.12. The van der Waals surface area contributed by atoms with Gasteiger partial charge in [-0.1, -0.05) is 110 Å². The van der Waals surface area contributed by atoms with Crippen molar-refractivity contribution in [2.24, 2.45) is 0 Å². The molecule has 2 heteroatoms. The molecule has 1 rings (SSSR count). The molecule has 0 saturated carbocycles. The van der Waals surface area contributed by atoms with E-state index in [0.29, 0.717) is 0 Å². The lowest BCUT2D eigenvalue weighted by atomic mass is 10.0. The lowest BCUT2D eigenvalue weighted by molar-refractivity contribution is 0.534. The number of imidazole rings is 1. The van der Waals surface area contributed by atoms with Crippen LogP contribution in [0.1, 0.15) is 110 Å². The minimum Gasteiger partial charge on any atom is -0.351 e. The maximum Gasteiger partial charge on any atom is 0.0919 e. The lowest BCUT2D eigenvalue weighted by Gasteiger charge is -2.02. The van der Waals surface area contributed by atoms with Crippen LogP contribution in [0.3, 0.4) is 0 Å². The highest BCUT2D eigenvalue weighted by Gasteiger charge is 1.93. The summed E-state index contributed by atoms with van der Waals surface area (Å²) in [5.74, 6) is 0. The van der Waals surface area contributed by atoms with Crippen LogP contribution in [0.25, 0.3) is 0 Å². The molecule has 2 nitrogen and oxygen atoms in total. The second-order valence-corrected chi connectivity index (χ2v) is 6.36. The monoisotopic (exact) mass is 308 g/mol. The van der Waals surface area contributed by atoms with Crippen molar-refractivity contribution in [3.8, 4) is 0 Å². The summed E-state index contributed by atoms with van der Waals surface area (Å²) in [5.41, 5.74) is 0. The van der Waals surface area contributed by atoms with Crippen molar-refractivity contribution >= 4 is 0 Å². The van der Waals surface area contributed by atoms with Gasteiger partial charge in [0.2, 0.25) is 0 Å². The van der Waals surface area contributed by atoms with Gasteiger partial charge in [-0.3, -0.25) is 0 Å². The standard InChI is InChI=1S/C17H36.C3H4N2/c1-3-5-7-9-11-13-15-17-16-14-12-10-8-6-4-2;1-2-5-3-4-1/h3-17H2,1-2H3;1-3H,(H,4,5). The summed E-state index contributed by atoms with van der Waals surface area (Å²) in [6.45, 7) is 4.58. The van der Waals surface area contributed by atoms with Gasteiger partial charge in [-0.15, -0.1) is 0 Å². The molecule has 0 aliphatic carbocycles. The first kappa shape index (κ1) is 21.2. The molecule has 0 fully saturated rings. The molecular weight excluding hydrogens is 268 g/mol. The number of hydrogen-bond acceptors (Lipinski definition) is 1. The van der Waals surface area contributed by atoms with Crippen molar-refractivity contribution in [1.29, 1.82) is 0 Å². The Labute approximate surface area is 139 Å². The van der Waals surface area contributed by atoms with Crippen molar-refractivity contribution in [3.63, 3.8) is 0 Å². The fourth-order valence-corrected chi connectivity index (χ4v) is 2.66. The van der Waals surface area contributed by atoms with Gasteiger partial charge in [0.05, 0.1) is 6.33 Å². The predicted molar refractivity (Wildman–Crippen MR) is 99.2 cm³/mol. The van der Waals surface area contributed by atoms with E-state index in [-0.39, 0.29) is 0 Å². The van der Waals surface area contributed by atoms with Gasteiger partial charge in [-0.2, -0.15) is 0 Å². The Balaban J connectivity index is 0.000000734. The smallest absolute Gasteiger partial charge is 0.0919 e. The van der Waals surface area contributed by atoms with Crippen molar-refractivity contribution in [3.05, 3.63) is 18.7 Å². The highest BCUT2D eigenvalue weighted by molar-refractivity contribution is 4.64. The summed E-state index contributed by atoms with van der Waals surface area (Å²) in [5, 5.41) is 0. The van der Waals surface area contributed by atoms with Crippen LogP contribution in [-0.2, 0) is 0 Å². The second kappa shape index (κ2) is 20.2. The third-order valence-corrected chi connectivity index (χ3v) is 4.11. The number of unbranched alkanes of at least 4 members (excludes halogenated alkanes) is 14. The zero-order valence-electron chi connectivity index (χ0n) is 15.3. The first-order valence-electron chi connectivity index (χ1n) is 9.84. The molecule has 0 bridgehead atoms. The quantitative estimate of drug-likeness (QED) is 0.359. The minimum absolute atomic E-state index is 1.37. The number of aromatic nitrogens is 2. The maximum atomic E-state index is 3.67. The molecule has 1 heterocycles. The summed E-state index contributed by atoms with van der Waals surface area (Å²) in [6, 6.07) is 0. The fourth-order valence-electron chi connectivity index (χ4n) is 2.66. The maximum absolute atomic E-state index is 3.67. The highest BCUT2D eigenvalue weighted by atomic mass is 14.8. The van der Waals surface area contributed by atoms with E-state index in [1.165, 1.54) is 96.3 Å². The van der Waals surface area contributed by atoms with Gasteiger partial charge in [-0.05, 0) is 0 Å². The first-order chi connectivity index (χ1) is 10.9. The van der Waals surface area contributed by atoms with E-state index in [1.807, 2.05) is 0 Å². The zero-order chi connectivity index (χ0) is 16.1. The van der Waals surface area contributed by atoms with Gasteiger partial charge < -0.3 is 4.98 Å². The Morgan fingerprint density at radius 1 is 0.591 bits per heavy atom. The molecule has 130 valence electrons. The summed E-state index contributed by atoms with van der Waals surface area (Å²) < 4.78 is 0. The summed E-state index contributed by atoms with van der Waals surface area (Å²) >= 11 is 0. The number of rotatable bonds is 14. The summed E-state index contributed by atoms with van der Waals surface area (Å²) in [6.07, 6.45) is 27.0. The van der Waals surface area contributed by atoms with Crippen molar-refractivity contribution in [1.82, 2.24) is 9.97 Å². The summed E-state index contributed by atoms with van der Waals surface area (Å²) in [7, 11) is 0. The van der Waals surface area contributed by atoms with Crippen LogP contribution in [0.2, 0.25) is 0 Å². The molecule has 0 saturated heterocycles. The Bertz CT molecular complexity index is 225. The van der Waals surface area contributed by atoms with Crippen molar-refractivity contribution in [2.75, 3.05) is 0 Å². The van der Waals surface area contributed by atoms with Gasteiger partial charge in [0.1, 0.15) is 0 Å². The van der Waals surface area contributed by atoms with Crippen molar-refractivity contribution in [2.45, 2.75) is 110 Å². The molecule has 0 aromatic carbocycles. The van der Waals surface area contributed by atoms with Crippen LogP contribution in [0.5, 0.6) is 0 Å². The fraction of sp³-hybridized carbons (Fsp3) is 0.850. The molecule has 22 heavy (non-hydrogen) atoms. The van der Waals surface area contributed by atoms with Crippen LogP contribution in [0, 0.1) is 0 Å². The van der Waals surface area contributed by atoms with Gasteiger partial charge in [0.15, 0.2) is 0 Å². The van der Waals surface area contributed by atoms with Gasteiger partial charge in [0.25, 0.3) is 0 Å². The Morgan fingerprint density at radius 2 is 0.955 bits per heavy atom. The Morgan fingerprint density at radius 3 is 1.14 bits per heavy atom. The molecule has 0 atom stereocenters. The van der Waals surface area contributed by atoms with E-state index >= 15 is 0 Å². The van der Waals surface area contributed by atoms with Crippen LogP contribution in [0.4, 0.5) is 0 Å². The van der Waals surface area contributed by atoms with Crippen molar-refractivity contribution < 1.29 is 0 Å². The zero-order valence-corrected chi connectivity index (χ0v) is 15.3. The summed E-state index contributed by atoms with van der Waals surface area (Å²) in [4.78, 5) is 6.42. The van der Waals surface area contributed by atoms with E-state index < -0.39 is 0 Å². The SMILES string of the molecule is CCCCCCCCCCCCCCCCC.c1c[nH]cn1. The molecule has 1 aromatic heterocycles. The molecule has 0 aliphatic rings. The normalized spacial score (nSPS) is 10.3. The molecule has 0 amide bonds. The predicted octanol–water partition coefficient (Wildman–Crippen LogP) is 7.29. The van der Waals surface area contributed by atoms with Crippen LogP contribution < -0.4 is 0 Å². The van der Waals surface area contributed by atoms with E-state index in [2.05, 4.69) is 23.8 Å². The molecule has 0 aliphatic heterocycles.